The van der Waals surface area contributed by atoms with E-state index in [4.69, 9.17) is 0 Å². The summed E-state index contributed by atoms with van der Waals surface area (Å²) in [6.07, 6.45) is 1.54. The first-order valence-corrected chi connectivity index (χ1v) is 6.13. The van der Waals surface area contributed by atoms with Crippen molar-refractivity contribution in [3.8, 4) is 0 Å². The number of benzene rings is 1. The van der Waals surface area contributed by atoms with E-state index in [1.54, 1.807) is 12.1 Å². The average Bonchev–Trinajstić information content (AvgIpc) is 2.40. The molecule has 0 aliphatic heterocycles. The topological polar surface area (TPSA) is 33.2 Å². The van der Waals surface area contributed by atoms with Gasteiger partial charge in [-0.05, 0) is 30.3 Å². The lowest BCUT2D eigenvalue weighted by atomic mass is 10.2. The summed E-state index contributed by atoms with van der Waals surface area (Å²) in [5.74, 6) is -2.10. The van der Waals surface area contributed by atoms with Gasteiger partial charge in [0, 0.05) is 23.3 Å². The summed E-state index contributed by atoms with van der Waals surface area (Å²) in [5.41, 5.74) is 0.0585. The molecule has 1 amide bonds. The quantitative estimate of drug-likeness (QED) is 0.847. The van der Waals surface area contributed by atoms with Gasteiger partial charge in [-0.15, -0.1) is 0 Å². The Hall–Kier alpha value is -1.82. The van der Waals surface area contributed by atoms with Crippen molar-refractivity contribution in [2.75, 3.05) is 11.9 Å². The molecule has 0 radical (unpaired) electrons. The van der Waals surface area contributed by atoms with Gasteiger partial charge in [-0.3, -0.25) is 9.69 Å². The fraction of sp³-hybridized carbons (Fsp3) is 0.0769. The van der Waals surface area contributed by atoms with Crippen LogP contribution >= 0.6 is 15.9 Å². The van der Waals surface area contributed by atoms with E-state index in [0.717, 1.165) is 16.6 Å². The molecule has 0 N–H and O–H groups in total. The maximum atomic E-state index is 13.1. The van der Waals surface area contributed by atoms with Crippen molar-refractivity contribution >= 4 is 27.7 Å². The molecule has 2 aromatic rings. The maximum Gasteiger partial charge on any atom is 0.259 e. The highest BCUT2D eigenvalue weighted by atomic mass is 79.9. The Morgan fingerprint density at radius 1 is 1.21 bits per heavy atom. The number of carbonyl (C=O) groups is 1. The zero-order chi connectivity index (χ0) is 14.0. The number of aromatic nitrogens is 1. The largest absolute Gasteiger partial charge is 0.296 e. The Kier molecular flexibility index (Phi) is 3.90. The standard InChI is InChI=1S/C13H9BrF2N2O/c1-18(12-7-9(14)4-5-17-12)13(19)8-2-3-10(15)11(16)6-8/h2-7H,1H3. The van der Waals surface area contributed by atoms with Gasteiger partial charge >= 0.3 is 0 Å². The molecule has 2 rings (SSSR count). The summed E-state index contributed by atoms with van der Waals surface area (Å²) in [6, 6.07) is 6.39. The van der Waals surface area contributed by atoms with Gasteiger partial charge in [0.05, 0.1) is 0 Å². The molecule has 1 heterocycles. The zero-order valence-corrected chi connectivity index (χ0v) is 11.5. The highest BCUT2D eigenvalue weighted by Gasteiger charge is 2.16. The minimum absolute atomic E-state index is 0.0585. The van der Waals surface area contributed by atoms with E-state index in [9.17, 15) is 13.6 Å². The molecule has 0 aliphatic rings. The number of nitrogens with zero attached hydrogens (tertiary/aromatic N) is 2. The summed E-state index contributed by atoms with van der Waals surface area (Å²) >= 11 is 3.27. The van der Waals surface area contributed by atoms with Crippen LogP contribution in [0.15, 0.2) is 41.0 Å². The highest BCUT2D eigenvalue weighted by Crippen LogP contribution is 2.18. The number of rotatable bonds is 2. The lowest BCUT2D eigenvalue weighted by Gasteiger charge is -2.16. The first-order chi connectivity index (χ1) is 8.99. The fourth-order valence-electron chi connectivity index (χ4n) is 1.50. The predicted octanol–water partition coefficient (Wildman–Crippen LogP) is 3.40. The Balaban J connectivity index is 2.30. The number of amides is 1. The minimum atomic E-state index is -1.05. The van der Waals surface area contributed by atoms with Crippen LogP contribution in [-0.4, -0.2) is 17.9 Å². The molecular weight excluding hydrogens is 318 g/mol. The molecule has 0 bridgehead atoms. The monoisotopic (exact) mass is 326 g/mol. The smallest absolute Gasteiger partial charge is 0.259 e. The van der Waals surface area contributed by atoms with Crippen molar-refractivity contribution in [3.05, 3.63) is 58.2 Å². The number of anilines is 1. The molecule has 0 spiro atoms. The van der Waals surface area contributed by atoms with Gasteiger partial charge in [-0.2, -0.15) is 0 Å². The summed E-state index contributed by atoms with van der Waals surface area (Å²) in [6.45, 7) is 0. The predicted molar refractivity (Wildman–Crippen MR) is 71.0 cm³/mol. The molecule has 1 aromatic heterocycles. The Morgan fingerprint density at radius 2 is 1.95 bits per heavy atom. The molecule has 0 saturated heterocycles. The normalized spacial score (nSPS) is 10.3. The maximum absolute atomic E-state index is 13.1. The van der Waals surface area contributed by atoms with Crippen molar-refractivity contribution in [1.82, 2.24) is 4.98 Å². The molecule has 98 valence electrons. The van der Waals surface area contributed by atoms with Gasteiger partial charge < -0.3 is 0 Å². The lowest BCUT2D eigenvalue weighted by Crippen LogP contribution is -2.27. The average molecular weight is 327 g/mol. The summed E-state index contributed by atoms with van der Waals surface area (Å²) < 4.78 is 26.7. The molecule has 0 unspecified atom stereocenters. The number of hydrogen-bond acceptors (Lipinski definition) is 2. The van der Waals surface area contributed by atoms with Gasteiger partial charge in [0.25, 0.3) is 5.91 Å². The molecular formula is C13H9BrF2N2O. The molecule has 6 heteroatoms. The summed E-state index contributed by atoms with van der Waals surface area (Å²) in [4.78, 5) is 17.4. The van der Waals surface area contributed by atoms with Crippen LogP contribution in [0.4, 0.5) is 14.6 Å². The highest BCUT2D eigenvalue weighted by molar-refractivity contribution is 9.10. The minimum Gasteiger partial charge on any atom is -0.296 e. The van der Waals surface area contributed by atoms with E-state index in [0.29, 0.717) is 5.82 Å². The molecule has 19 heavy (non-hydrogen) atoms. The van der Waals surface area contributed by atoms with Crippen LogP contribution in [0.3, 0.4) is 0 Å². The third-order valence-corrected chi connectivity index (χ3v) is 3.02. The first kappa shape index (κ1) is 13.6. The van der Waals surface area contributed by atoms with E-state index < -0.39 is 17.5 Å². The van der Waals surface area contributed by atoms with Crippen molar-refractivity contribution in [1.29, 1.82) is 0 Å². The second-order valence-electron chi connectivity index (χ2n) is 3.83. The van der Waals surface area contributed by atoms with E-state index in [2.05, 4.69) is 20.9 Å². The van der Waals surface area contributed by atoms with Crippen LogP contribution in [0.5, 0.6) is 0 Å². The van der Waals surface area contributed by atoms with E-state index in [1.165, 1.54) is 24.2 Å². The van der Waals surface area contributed by atoms with Gasteiger partial charge in [0.1, 0.15) is 5.82 Å². The second kappa shape index (κ2) is 5.44. The zero-order valence-electron chi connectivity index (χ0n) is 9.90. The lowest BCUT2D eigenvalue weighted by molar-refractivity contribution is 0.0991. The van der Waals surface area contributed by atoms with Gasteiger partial charge in [-0.25, -0.2) is 13.8 Å². The summed E-state index contributed by atoms with van der Waals surface area (Å²) in [7, 11) is 1.51. The number of halogens is 3. The van der Waals surface area contributed by atoms with Crippen LogP contribution in [0.1, 0.15) is 10.4 Å². The summed E-state index contributed by atoms with van der Waals surface area (Å²) in [5, 5.41) is 0. The SMILES string of the molecule is CN(C(=O)c1ccc(F)c(F)c1)c1cc(Br)ccn1. The van der Waals surface area contributed by atoms with Gasteiger partial charge in [-0.1, -0.05) is 15.9 Å². The third-order valence-electron chi connectivity index (χ3n) is 2.52. The molecule has 0 saturated carbocycles. The molecule has 3 nitrogen and oxygen atoms in total. The number of pyridine rings is 1. The molecule has 0 atom stereocenters. The van der Waals surface area contributed by atoms with E-state index >= 15 is 0 Å². The van der Waals surface area contributed by atoms with Crippen molar-refractivity contribution in [3.63, 3.8) is 0 Å². The van der Waals surface area contributed by atoms with E-state index in [-0.39, 0.29) is 5.56 Å². The Labute approximate surface area is 117 Å². The van der Waals surface area contributed by atoms with Crippen molar-refractivity contribution in [2.24, 2.45) is 0 Å². The van der Waals surface area contributed by atoms with Crippen LogP contribution < -0.4 is 4.90 Å². The molecule has 0 fully saturated rings. The van der Waals surface area contributed by atoms with Crippen LogP contribution in [0, 0.1) is 11.6 Å². The second-order valence-corrected chi connectivity index (χ2v) is 4.74. The fourth-order valence-corrected chi connectivity index (χ4v) is 1.83. The van der Waals surface area contributed by atoms with E-state index in [1.807, 2.05) is 0 Å². The molecule has 1 aromatic carbocycles. The van der Waals surface area contributed by atoms with Crippen LogP contribution in [0.25, 0.3) is 0 Å². The van der Waals surface area contributed by atoms with Crippen molar-refractivity contribution < 1.29 is 13.6 Å². The molecule has 0 aliphatic carbocycles. The van der Waals surface area contributed by atoms with Gasteiger partial charge in [0.15, 0.2) is 11.6 Å². The number of hydrogen-bond donors (Lipinski definition) is 0. The third kappa shape index (κ3) is 2.96. The van der Waals surface area contributed by atoms with Crippen LogP contribution in [-0.2, 0) is 0 Å². The first-order valence-electron chi connectivity index (χ1n) is 5.33. The van der Waals surface area contributed by atoms with Crippen LogP contribution in [0.2, 0.25) is 0 Å². The number of carbonyl (C=O) groups excluding carboxylic acids is 1. The Bertz CT molecular complexity index is 634. The van der Waals surface area contributed by atoms with Crippen molar-refractivity contribution in [2.45, 2.75) is 0 Å². The Morgan fingerprint density at radius 3 is 2.58 bits per heavy atom. The van der Waals surface area contributed by atoms with Gasteiger partial charge in [0.2, 0.25) is 0 Å².